The second-order valence-electron chi connectivity index (χ2n) is 3.70. The predicted molar refractivity (Wildman–Crippen MR) is 65.8 cm³/mol. The number of anilines is 1. The van der Waals surface area contributed by atoms with E-state index in [9.17, 15) is 4.79 Å². The topological polar surface area (TPSA) is 38.8 Å². The molecule has 0 unspecified atom stereocenters. The van der Waals surface area contributed by atoms with Crippen molar-refractivity contribution >= 4 is 23.3 Å². The number of ether oxygens (including phenoxy) is 2. The lowest BCUT2D eigenvalue weighted by Crippen LogP contribution is -2.36. The standard InChI is InChI=1S/C12H14ClNO3/c13-9-12(15)17-11-3-1-10(2-4-11)14-5-7-16-8-6-14/h1-4H,5-9H2. The second-order valence-corrected chi connectivity index (χ2v) is 3.97. The Balaban J connectivity index is 1.99. The number of nitrogens with zero attached hydrogens (tertiary/aromatic N) is 1. The van der Waals surface area contributed by atoms with Gasteiger partial charge in [0, 0.05) is 18.8 Å². The van der Waals surface area contributed by atoms with Crippen LogP contribution in [0.1, 0.15) is 0 Å². The van der Waals surface area contributed by atoms with Gasteiger partial charge >= 0.3 is 5.97 Å². The average Bonchev–Trinajstić information content (AvgIpc) is 2.40. The van der Waals surface area contributed by atoms with E-state index in [0.29, 0.717) is 5.75 Å². The molecule has 5 heteroatoms. The maximum absolute atomic E-state index is 11.0. The summed E-state index contributed by atoms with van der Waals surface area (Å²) in [4.78, 5) is 13.2. The van der Waals surface area contributed by atoms with E-state index in [4.69, 9.17) is 21.1 Å². The van der Waals surface area contributed by atoms with Crippen molar-refractivity contribution in [3.05, 3.63) is 24.3 Å². The molecule has 1 aliphatic rings. The summed E-state index contributed by atoms with van der Waals surface area (Å²) in [6.07, 6.45) is 0. The van der Waals surface area contributed by atoms with Crippen LogP contribution in [0, 0.1) is 0 Å². The quantitative estimate of drug-likeness (QED) is 0.468. The molecule has 0 aliphatic carbocycles. The fourth-order valence-electron chi connectivity index (χ4n) is 1.71. The summed E-state index contributed by atoms with van der Waals surface area (Å²) in [5, 5.41) is 0. The Morgan fingerprint density at radius 1 is 1.29 bits per heavy atom. The lowest BCUT2D eigenvalue weighted by Gasteiger charge is -2.28. The van der Waals surface area contributed by atoms with Crippen molar-refractivity contribution in [3.8, 4) is 5.75 Å². The fourth-order valence-corrected chi connectivity index (χ4v) is 1.76. The van der Waals surface area contributed by atoms with Crippen molar-refractivity contribution in [2.45, 2.75) is 0 Å². The number of alkyl halides is 1. The molecule has 0 bridgehead atoms. The molecular formula is C12H14ClNO3. The maximum atomic E-state index is 11.0. The van der Waals surface area contributed by atoms with Crippen molar-refractivity contribution in [2.24, 2.45) is 0 Å². The molecular weight excluding hydrogens is 242 g/mol. The molecule has 92 valence electrons. The molecule has 1 aliphatic heterocycles. The number of benzene rings is 1. The van der Waals surface area contributed by atoms with Gasteiger partial charge < -0.3 is 14.4 Å². The minimum absolute atomic E-state index is 0.134. The number of carbonyl (C=O) groups is 1. The Morgan fingerprint density at radius 2 is 1.94 bits per heavy atom. The lowest BCUT2D eigenvalue weighted by molar-refractivity contribution is -0.131. The number of esters is 1. The molecule has 0 aromatic heterocycles. The van der Waals surface area contributed by atoms with Crippen LogP contribution in [0.4, 0.5) is 5.69 Å². The third-order valence-corrected chi connectivity index (χ3v) is 2.77. The molecule has 17 heavy (non-hydrogen) atoms. The van der Waals surface area contributed by atoms with Gasteiger partial charge in [0.2, 0.25) is 0 Å². The van der Waals surface area contributed by atoms with Crippen LogP contribution in [-0.4, -0.2) is 38.2 Å². The zero-order valence-corrected chi connectivity index (χ0v) is 10.2. The first kappa shape index (κ1) is 12.2. The fraction of sp³-hybridized carbons (Fsp3) is 0.417. The molecule has 4 nitrogen and oxygen atoms in total. The maximum Gasteiger partial charge on any atom is 0.326 e. The molecule has 1 heterocycles. The van der Waals surface area contributed by atoms with E-state index in [2.05, 4.69) is 4.90 Å². The van der Waals surface area contributed by atoms with Gasteiger partial charge in [-0.15, -0.1) is 11.6 Å². The van der Waals surface area contributed by atoms with Gasteiger partial charge in [0.25, 0.3) is 0 Å². The van der Waals surface area contributed by atoms with Gasteiger partial charge in [-0.25, -0.2) is 0 Å². The molecule has 1 aromatic carbocycles. The summed E-state index contributed by atoms with van der Waals surface area (Å²) in [5.74, 6) is -0.0518. The summed E-state index contributed by atoms with van der Waals surface area (Å²) >= 11 is 5.36. The summed E-state index contributed by atoms with van der Waals surface area (Å²) < 4.78 is 10.3. The van der Waals surface area contributed by atoms with Gasteiger partial charge in [0.15, 0.2) is 0 Å². The summed E-state index contributed by atoms with van der Waals surface area (Å²) in [6.45, 7) is 3.29. The monoisotopic (exact) mass is 255 g/mol. The molecule has 0 saturated carbocycles. The highest BCUT2D eigenvalue weighted by Gasteiger charge is 2.11. The van der Waals surface area contributed by atoms with Crippen LogP contribution in [0.5, 0.6) is 5.75 Å². The third-order valence-electron chi connectivity index (χ3n) is 2.55. The Bertz CT molecular complexity index is 374. The van der Waals surface area contributed by atoms with Gasteiger partial charge in [-0.2, -0.15) is 0 Å². The third kappa shape index (κ3) is 3.35. The highest BCUT2D eigenvalue weighted by Crippen LogP contribution is 2.20. The highest BCUT2D eigenvalue weighted by atomic mass is 35.5. The van der Waals surface area contributed by atoms with Crippen molar-refractivity contribution < 1.29 is 14.3 Å². The summed E-state index contributed by atoms with van der Waals surface area (Å²) in [5.41, 5.74) is 1.11. The van der Waals surface area contributed by atoms with E-state index < -0.39 is 5.97 Å². The number of morpholine rings is 1. The molecule has 0 atom stereocenters. The zero-order valence-electron chi connectivity index (χ0n) is 9.39. The minimum atomic E-state index is -0.439. The van der Waals surface area contributed by atoms with Gasteiger partial charge in [-0.05, 0) is 24.3 Å². The van der Waals surface area contributed by atoms with Gasteiger partial charge in [0.1, 0.15) is 11.6 Å². The van der Waals surface area contributed by atoms with Crippen molar-refractivity contribution in [2.75, 3.05) is 37.1 Å². The number of rotatable bonds is 3. The lowest BCUT2D eigenvalue weighted by atomic mass is 10.2. The van der Waals surface area contributed by atoms with Gasteiger partial charge in [-0.3, -0.25) is 4.79 Å². The van der Waals surface area contributed by atoms with Crippen molar-refractivity contribution in [1.29, 1.82) is 0 Å². The van der Waals surface area contributed by atoms with E-state index in [0.717, 1.165) is 32.0 Å². The number of halogens is 1. The highest BCUT2D eigenvalue weighted by molar-refractivity contribution is 6.26. The van der Waals surface area contributed by atoms with Gasteiger partial charge in [0.05, 0.1) is 13.2 Å². The van der Waals surface area contributed by atoms with Crippen LogP contribution in [-0.2, 0) is 9.53 Å². The molecule has 0 amide bonds. The van der Waals surface area contributed by atoms with Crippen molar-refractivity contribution in [3.63, 3.8) is 0 Å². The SMILES string of the molecule is O=C(CCl)Oc1ccc(N2CCOCC2)cc1. The van der Waals surface area contributed by atoms with E-state index in [1.165, 1.54) is 0 Å². The zero-order chi connectivity index (χ0) is 12.1. The Labute approximate surface area is 105 Å². The molecule has 1 fully saturated rings. The Kier molecular flexibility index (Phi) is 4.23. The number of carbonyl (C=O) groups excluding carboxylic acids is 1. The molecule has 2 rings (SSSR count). The summed E-state index contributed by atoms with van der Waals surface area (Å²) in [7, 11) is 0. The first-order valence-electron chi connectivity index (χ1n) is 5.49. The van der Waals surface area contributed by atoms with Crippen LogP contribution in [0.2, 0.25) is 0 Å². The van der Waals surface area contributed by atoms with E-state index in [1.807, 2.05) is 12.1 Å². The van der Waals surface area contributed by atoms with E-state index in [1.54, 1.807) is 12.1 Å². The predicted octanol–water partition coefficient (Wildman–Crippen LogP) is 1.67. The van der Waals surface area contributed by atoms with E-state index in [-0.39, 0.29) is 5.88 Å². The smallest absolute Gasteiger partial charge is 0.326 e. The number of hydrogen-bond acceptors (Lipinski definition) is 4. The molecule has 0 radical (unpaired) electrons. The normalized spacial score (nSPS) is 15.7. The second kappa shape index (κ2) is 5.89. The molecule has 0 spiro atoms. The van der Waals surface area contributed by atoms with Crippen LogP contribution in [0.15, 0.2) is 24.3 Å². The first-order chi connectivity index (χ1) is 8.29. The first-order valence-corrected chi connectivity index (χ1v) is 6.02. The molecule has 1 saturated heterocycles. The van der Waals surface area contributed by atoms with Crippen molar-refractivity contribution in [1.82, 2.24) is 0 Å². The minimum Gasteiger partial charge on any atom is -0.426 e. The average molecular weight is 256 g/mol. The Hall–Kier alpha value is -1.26. The van der Waals surface area contributed by atoms with E-state index >= 15 is 0 Å². The Morgan fingerprint density at radius 3 is 2.53 bits per heavy atom. The number of hydrogen-bond donors (Lipinski definition) is 0. The largest absolute Gasteiger partial charge is 0.426 e. The van der Waals surface area contributed by atoms with Gasteiger partial charge in [-0.1, -0.05) is 0 Å². The van der Waals surface area contributed by atoms with Crippen LogP contribution in [0.3, 0.4) is 0 Å². The van der Waals surface area contributed by atoms with Crippen LogP contribution in [0.25, 0.3) is 0 Å². The van der Waals surface area contributed by atoms with Crippen LogP contribution < -0.4 is 9.64 Å². The molecule has 0 N–H and O–H groups in total. The summed E-state index contributed by atoms with van der Waals surface area (Å²) in [6, 6.07) is 7.41. The molecule has 1 aromatic rings. The van der Waals surface area contributed by atoms with Crippen LogP contribution >= 0.6 is 11.6 Å².